The number of nitrogens with one attached hydrogen (secondary N) is 1. The predicted octanol–water partition coefficient (Wildman–Crippen LogP) is 2.38. The summed E-state index contributed by atoms with van der Waals surface area (Å²) in [5.41, 5.74) is 5.21. The number of nitrogens with zero attached hydrogens (tertiary/aromatic N) is 3. The lowest BCUT2D eigenvalue weighted by Gasteiger charge is -2.29. The summed E-state index contributed by atoms with van der Waals surface area (Å²) in [6, 6.07) is 4.10. The van der Waals surface area contributed by atoms with Crippen LogP contribution in [0.5, 0.6) is 0 Å². The van der Waals surface area contributed by atoms with Crippen molar-refractivity contribution in [2.75, 3.05) is 6.54 Å². The summed E-state index contributed by atoms with van der Waals surface area (Å²) >= 11 is 0. The van der Waals surface area contributed by atoms with E-state index in [1.54, 1.807) is 0 Å². The number of hydrogen-bond acceptors (Lipinski definition) is 4. The van der Waals surface area contributed by atoms with Gasteiger partial charge in [-0.15, -0.1) is 0 Å². The minimum Gasteiger partial charge on any atom is -0.312 e. The van der Waals surface area contributed by atoms with Gasteiger partial charge in [-0.2, -0.15) is 0 Å². The lowest BCUT2D eigenvalue weighted by molar-refractivity contribution is 0.402. The fraction of sp³-hybridized carbons (Fsp3) is 0.471. The minimum absolute atomic E-state index is 0.665. The van der Waals surface area contributed by atoms with Gasteiger partial charge in [0.25, 0.3) is 0 Å². The third-order valence-corrected chi connectivity index (χ3v) is 4.61. The highest BCUT2D eigenvalue weighted by Gasteiger charge is 2.27. The van der Waals surface area contributed by atoms with Crippen LogP contribution in [0, 0.1) is 0 Å². The van der Waals surface area contributed by atoms with E-state index in [4.69, 9.17) is 9.97 Å². The first-order chi connectivity index (χ1) is 10.4. The van der Waals surface area contributed by atoms with E-state index in [2.05, 4.69) is 10.3 Å². The van der Waals surface area contributed by atoms with E-state index < -0.39 is 0 Å². The highest BCUT2D eigenvalue weighted by Crippen LogP contribution is 2.38. The Bertz CT molecular complexity index is 635. The third-order valence-electron chi connectivity index (χ3n) is 4.61. The van der Waals surface area contributed by atoms with Gasteiger partial charge in [0, 0.05) is 49.8 Å². The topological polar surface area (TPSA) is 50.7 Å². The molecule has 4 heteroatoms. The second-order valence-corrected chi connectivity index (χ2v) is 6.04. The Balaban J connectivity index is 1.70. The first-order valence-electron chi connectivity index (χ1n) is 7.88. The molecule has 0 bridgehead atoms. The van der Waals surface area contributed by atoms with Gasteiger partial charge in [0.2, 0.25) is 0 Å². The molecule has 1 aliphatic heterocycles. The van der Waals surface area contributed by atoms with Crippen LogP contribution in [-0.4, -0.2) is 21.5 Å². The van der Waals surface area contributed by atoms with Gasteiger partial charge in [0.15, 0.2) is 0 Å². The summed E-state index contributed by atoms with van der Waals surface area (Å²) in [6.07, 6.45) is 9.44. The molecule has 2 aromatic rings. The van der Waals surface area contributed by atoms with E-state index in [0.29, 0.717) is 5.92 Å². The molecule has 0 radical (unpaired) electrons. The molecule has 0 unspecified atom stereocenters. The molecule has 0 amide bonds. The summed E-state index contributed by atoms with van der Waals surface area (Å²) in [4.78, 5) is 13.8. The van der Waals surface area contributed by atoms with Crippen LogP contribution in [0.4, 0.5) is 0 Å². The molecule has 0 spiro atoms. The van der Waals surface area contributed by atoms with Gasteiger partial charge in [-0.05, 0) is 30.5 Å². The maximum atomic E-state index is 4.93. The largest absolute Gasteiger partial charge is 0.312 e. The van der Waals surface area contributed by atoms with Gasteiger partial charge in [-0.3, -0.25) is 4.98 Å². The molecular formula is C17H20N4. The molecule has 4 rings (SSSR count). The quantitative estimate of drug-likeness (QED) is 0.938. The van der Waals surface area contributed by atoms with E-state index in [-0.39, 0.29) is 0 Å². The zero-order chi connectivity index (χ0) is 14.1. The van der Waals surface area contributed by atoms with Crippen molar-refractivity contribution in [3.8, 4) is 0 Å². The van der Waals surface area contributed by atoms with Crippen LogP contribution in [-0.2, 0) is 19.4 Å². The van der Waals surface area contributed by atoms with Crippen LogP contribution >= 0.6 is 0 Å². The van der Waals surface area contributed by atoms with Crippen molar-refractivity contribution in [2.24, 2.45) is 0 Å². The van der Waals surface area contributed by atoms with Crippen molar-refractivity contribution in [1.29, 1.82) is 0 Å². The van der Waals surface area contributed by atoms with Crippen LogP contribution < -0.4 is 5.32 Å². The summed E-state index contributed by atoms with van der Waals surface area (Å²) in [5.74, 6) is 1.64. The summed E-state index contributed by atoms with van der Waals surface area (Å²) in [6.45, 7) is 1.97. The van der Waals surface area contributed by atoms with Crippen molar-refractivity contribution in [2.45, 2.75) is 44.6 Å². The standard InChI is InChI=1S/C17H20N4/c1-2-13(3-1)17-14-11-19-9-6-15(14)20-16(21-17)10-12-4-7-18-8-5-12/h4-5,7-8,13,19H,1-3,6,9-11H2. The first kappa shape index (κ1) is 12.9. The Morgan fingerprint density at radius 3 is 2.76 bits per heavy atom. The number of hydrogen-bond donors (Lipinski definition) is 1. The fourth-order valence-corrected chi connectivity index (χ4v) is 3.20. The highest BCUT2D eigenvalue weighted by atomic mass is 15.0. The molecule has 0 atom stereocenters. The van der Waals surface area contributed by atoms with E-state index in [0.717, 1.165) is 31.8 Å². The maximum absolute atomic E-state index is 4.93. The van der Waals surface area contributed by atoms with Gasteiger partial charge in [-0.25, -0.2) is 9.97 Å². The predicted molar refractivity (Wildman–Crippen MR) is 81.1 cm³/mol. The van der Waals surface area contributed by atoms with Gasteiger partial charge in [0.05, 0.1) is 11.4 Å². The van der Waals surface area contributed by atoms with E-state index >= 15 is 0 Å². The average Bonchev–Trinajstić information content (AvgIpc) is 2.46. The van der Waals surface area contributed by atoms with Crippen LogP contribution in [0.1, 0.15) is 53.5 Å². The molecule has 108 valence electrons. The third kappa shape index (κ3) is 2.56. The Kier molecular flexibility index (Phi) is 3.39. The molecule has 3 heterocycles. The van der Waals surface area contributed by atoms with Crippen molar-refractivity contribution in [3.05, 3.63) is 52.9 Å². The normalized spacial score (nSPS) is 18.1. The van der Waals surface area contributed by atoms with Gasteiger partial charge >= 0.3 is 0 Å². The molecule has 21 heavy (non-hydrogen) atoms. The van der Waals surface area contributed by atoms with E-state index in [9.17, 15) is 0 Å². The molecule has 2 aliphatic rings. The van der Waals surface area contributed by atoms with E-state index in [1.807, 2.05) is 24.5 Å². The molecule has 1 aliphatic carbocycles. The van der Waals surface area contributed by atoms with Crippen molar-refractivity contribution in [1.82, 2.24) is 20.3 Å². The van der Waals surface area contributed by atoms with Crippen molar-refractivity contribution >= 4 is 0 Å². The summed E-state index contributed by atoms with van der Waals surface area (Å²) in [7, 11) is 0. The van der Waals surface area contributed by atoms with Crippen molar-refractivity contribution < 1.29 is 0 Å². The number of pyridine rings is 1. The van der Waals surface area contributed by atoms with Crippen LogP contribution in [0.25, 0.3) is 0 Å². The SMILES string of the molecule is c1cc(Cc2nc3c(c(C4CCC4)n2)CNCC3)ccn1. The first-order valence-corrected chi connectivity index (χ1v) is 7.88. The minimum atomic E-state index is 0.665. The summed E-state index contributed by atoms with van der Waals surface area (Å²) in [5, 5.41) is 3.47. The second-order valence-electron chi connectivity index (χ2n) is 6.04. The number of rotatable bonds is 3. The molecule has 1 fully saturated rings. The zero-order valence-corrected chi connectivity index (χ0v) is 12.2. The molecular weight excluding hydrogens is 260 g/mol. The van der Waals surface area contributed by atoms with E-state index in [1.165, 1.54) is 41.8 Å². The van der Waals surface area contributed by atoms with Crippen LogP contribution in [0.2, 0.25) is 0 Å². The summed E-state index contributed by atoms with van der Waals surface area (Å²) < 4.78 is 0. The molecule has 0 aromatic carbocycles. The number of aromatic nitrogens is 3. The average molecular weight is 280 g/mol. The Labute approximate surface area is 125 Å². The Morgan fingerprint density at radius 1 is 1.14 bits per heavy atom. The van der Waals surface area contributed by atoms with Gasteiger partial charge in [0.1, 0.15) is 5.82 Å². The second kappa shape index (κ2) is 5.53. The Morgan fingerprint density at radius 2 is 2.00 bits per heavy atom. The van der Waals surface area contributed by atoms with Gasteiger partial charge < -0.3 is 5.32 Å². The lowest BCUT2D eigenvalue weighted by atomic mass is 9.80. The molecule has 0 saturated heterocycles. The van der Waals surface area contributed by atoms with Crippen LogP contribution in [0.3, 0.4) is 0 Å². The fourth-order valence-electron chi connectivity index (χ4n) is 3.20. The molecule has 1 saturated carbocycles. The molecule has 1 N–H and O–H groups in total. The number of fused-ring (bicyclic) bond motifs is 1. The zero-order valence-electron chi connectivity index (χ0n) is 12.2. The molecule has 4 nitrogen and oxygen atoms in total. The highest BCUT2D eigenvalue weighted by molar-refractivity contribution is 5.32. The lowest BCUT2D eigenvalue weighted by Crippen LogP contribution is -2.29. The molecule has 2 aromatic heterocycles. The monoisotopic (exact) mass is 280 g/mol. The van der Waals surface area contributed by atoms with Gasteiger partial charge in [-0.1, -0.05) is 6.42 Å². The smallest absolute Gasteiger partial charge is 0.133 e. The Hall–Kier alpha value is -1.81. The van der Waals surface area contributed by atoms with Crippen LogP contribution in [0.15, 0.2) is 24.5 Å². The van der Waals surface area contributed by atoms with Crippen molar-refractivity contribution in [3.63, 3.8) is 0 Å². The maximum Gasteiger partial charge on any atom is 0.133 e.